The van der Waals surface area contributed by atoms with Crippen LogP contribution in [-0.4, -0.2) is 40.8 Å². The van der Waals surface area contributed by atoms with E-state index >= 15 is 0 Å². The van der Waals surface area contributed by atoms with E-state index in [-0.39, 0.29) is 88.6 Å². The van der Waals surface area contributed by atoms with E-state index in [9.17, 15) is 25.3 Å². The van der Waals surface area contributed by atoms with Crippen LogP contribution in [0.1, 0.15) is 49.9 Å². The molecule has 0 aliphatic carbocycles. The van der Waals surface area contributed by atoms with Gasteiger partial charge in [-0.15, -0.1) is 0 Å². The van der Waals surface area contributed by atoms with Crippen LogP contribution >= 0.6 is 0 Å². The van der Waals surface area contributed by atoms with Crippen LogP contribution in [-0.2, 0) is 29.4 Å². The first-order valence-electron chi connectivity index (χ1n) is 15.7. The van der Waals surface area contributed by atoms with Gasteiger partial charge in [0.25, 0.3) is 11.4 Å². The second-order valence-electron chi connectivity index (χ2n) is 13.5. The monoisotopic (exact) mass is 935 g/mol. The van der Waals surface area contributed by atoms with Gasteiger partial charge in [-0.25, -0.2) is 0 Å². The fourth-order valence-electron chi connectivity index (χ4n) is 7.35. The molecule has 1 N–H and O–H groups in total. The van der Waals surface area contributed by atoms with Crippen LogP contribution < -0.4 is 14.5 Å². The van der Waals surface area contributed by atoms with Crippen molar-refractivity contribution in [3.63, 3.8) is 0 Å². The Balaban J connectivity index is 0.000000216. The molecule has 4 aromatic carbocycles. The molecule has 12 heteroatoms. The molecule has 0 amide bonds. The second-order valence-corrected chi connectivity index (χ2v) is 13.5. The van der Waals surface area contributed by atoms with E-state index in [1.165, 1.54) is 41.1 Å². The van der Waals surface area contributed by atoms with Crippen LogP contribution in [0.25, 0.3) is 12.2 Å². The number of aromatic hydroxyl groups is 1. The van der Waals surface area contributed by atoms with Crippen molar-refractivity contribution in [1.82, 2.24) is 0 Å². The minimum Gasteiger partial charge on any atom is -0.507 e. The van der Waals surface area contributed by atoms with Crippen LogP contribution in [0, 0.1) is 51.3 Å². The number of anilines is 2. The van der Waals surface area contributed by atoms with Gasteiger partial charge in [0.15, 0.2) is 0 Å². The van der Waals surface area contributed by atoms with Crippen molar-refractivity contribution in [1.29, 1.82) is 0 Å². The molecule has 1 radical (unpaired) electrons. The Hall–Kier alpha value is -4.00. The van der Waals surface area contributed by atoms with E-state index in [0.29, 0.717) is 11.3 Å². The number of hydrogen-bond acceptors (Lipinski definition) is 8. The third-order valence-corrected chi connectivity index (χ3v) is 10.1. The molecule has 2 unspecified atom stereocenters. The fourth-order valence-corrected chi connectivity index (χ4v) is 7.35. The average molecular weight is 936 g/mol. The van der Waals surface area contributed by atoms with E-state index in [1.54, 1.807) is 18.2 Å². The Labute approximate surface area is 327 Å². The molecule has 0 saturated carbocycles. The molecule has 3 aliphatic heterocycles. The van der Waals surface area contributed by atoms with Gasteiger partial charge in [0, 0.05) is 116 Å². The van der Waals surface area contributed by atoms with Crippen molar-refractivity contribution < 1.29 is 69.4 Å². The molecule has 255 valence electrons. The number of phenolic OH excluding ortho intramolecular Hbond substituents is 1. The number of hydrogen-bond donors (Lipinski definition) is 1. The molecule has 0 fully saturated rings. The van der Waals surface area contributed by atoms with Crippen molar-refractivity contribution in [2.75, 3.05) is 23.9 Å². The summed E-state index contributed by atoms with van der Waals surface area (Å²) >= 11 is 0. The summed E-state index contributed by atoms with van der Waals surface area (Å²) in [6.45, 7) is 8.68. The van der Waals surface area contributed by atoms with E-state index < -0.39 is 10.6 Å². The normalized spacial score (nSPS) is 20.0. The molecule has 0 saturated heterocycles. The molecular formula is C38H38N4O6UV. The summed E-state index contributed by atoms with van der Waals surface area (Å²) in [4.78, 5) is 25.4. The summed E-state index contributed by atoms with van der Waals surface area (Å²) in [5, 5.41) is 31.9. The zero-order valence-electron chi connectivity index (χ0n) is 28.7. The van der Waals surface area contributed by atoms with Crippen molar-refractivity contribution >= 4 is 34.9 Å². The maximum atomic E-state index is 11.0. The third kappa shape index (κ3) is 6.37. The standard InChI is InChI=1S/C19H18N2O3.C19H20N2O3.U.V/c1-18(2)15-6-4-5-7-16(15)20(3)19(18)11-10-13-12-14(21(22)23)8-9-17(13)24-19;1-19(2)15-6-4-5-7-16(15)20(3)18(19)11-8-13-12-14(21(23)24)9-10-17(13)22;;/h4-12H,1-3H3;4-12,18,22H,1-3H3;;/b;11-8+;;. The molecule has 7 rings (SSSR count). The number of nitro groups is 2. The molecule has 3 aliphatic rings. The summed E-state index contributed by atoms with van der Waals surface area (Å²) < 4.78 is 6.44. The number of rotatable bonds is 4. The Bertz CT molecular complexity index is 1990. The van der Waals surface area contributed by atoms with Gasteiger partial charge in [-0.3, -0.25) is 20.2 Å². The number of nitrogens with zero attached hydrogens (tertiary/aromatic N) is 4. The van der Waals surface area contributed by atoms with Crippen LogP contribution in [0.3, 0.4) is 0 Å². The molecule has 0 aromatic heterocycles. The van der Waals surface area contributed by atoms with Gasteiger partial charge in [-0.1, -0.05) is 62.4 Å². The first kappa shape index (κ1) is 38.8. The summed E-state index contributed by atoms with van der Waals surface area (Å²) in [6.07, 6.45) is 7.70. The summed E-state index contributed by atoms with van der Waals surface area (Å²) in [5.74, 6) is 0.698. The number of para-hydroxylation sites is 2. The molecule has 10 nitrogen and oxygen atoms in total. The zero-order valence-corrected chi connectivity index (χ0v) is 34.3. The Kier molecular flexibility index (Phi) is 11.1. The number of benzene rings is 4. The summed E-state index contributed by atoms with van der Waals surface area (Å²) in [5.41, 5.74) is 5.01. The number of nitro benzene ring substituents is 2. The number of phenols is 1. The predicted molar refractivity (Wildman–Crippen MR) is 189 cm³/mol. The summed E-state index contributed by atoms with van der Waals surface area (Å²) in [7, 11) is 4.06. The Morgan fingerprint density at radius 1 is 0.820 bits per heavy atom. The van der Waals surface area contributed by atoms with Gasteiger partial charge >= 0.3 is 0 Å². The number of ether oxygens (including phenoxy) is 1. The van der Waals surface area contributed by atoms with Crippen molar-refractivity contribution in [2.24, 2.45) is 0 Å². The van der Waals surface area contributed by atoms with Crippen LogP contribution in [0.15, 0.2) is 97.1 Å². The molecule has 0 bridgehead atoms. The number of fused-ring (bicyclic) bond motifs is 3. The van der Waals surface area contributed by atoms with Gasteiger partial charge in [-0.2, -0.15) is 0 Å². The predicted octanol–water partition coefficient (Wildman–Crippen LogP) is 8.23. The summed E-state index contributed by atoms with van der Waals surface area (Å²) in [6, 6.07) is 25.4. The van der Waals surface area contributed by atoms with Crippen molar-refractivity contribution in [2.45, 2.75) is 50.3 Å². The van der Waals surface area contributed by atoms with Crippen LogP contribution in [0.2, 0.25) is 0 Å². The fraction of sp³-hybridized carbons (Fsp3) is 0.263. The van der Waals surface area contributed by atoms with Gasteiger partial charge in [0.1, 0.15) is 11.5 Å². The molecule has 1 spiro atoms. The molecule has 4 aromatic rings. The maximum absolute atomic E-state index is 11.0. The van der Waals surface area contributed by atoms with Gasteiger partial charge in [-0.05, 0) is 61.4 Å². The maximum Gasteiger partial charge on any atom is 0.270 e. The molecule has 50 heavy (non-hydrogen) atoms. The second kappa shape index (κ2) is 14.3. The average Bonchev–Trinajstić information content (AvgIpc) is 3.36. The smallest absolute Gasteiger partial charge is 0.270 e. The van der Waals surface area contributed by atoms with E-state index in [0.717, 1.165) is 11.3 Å². The van der Waals surface area contributed by atoms with E-state index in [2.05, 4.69) is 61.8 Å². The zero-order chi connectivity index (χ0) is 34.6. The third-order valence-electron chi connectivity index (χ3n) is 10.1. The first-order valence-corrected chi connectivity index (χ1v) is 15.7. The molecule has 3 heterocycles. The Morgan fingerprint density at radius 2 is 1.40 bits per heavy atom. The quantitative estimate of drug-likeness (QED) is 0.161. The van der Waals surface area contributed by atoms with Gasteiger partial charge < -0.3 is 19.6 Å². The topological polar surface area (TPSA) is 122 Å². The SMILES string of the molecule is CN1c2ccccc2C(C)(C)C1/C=C/c1cc([N+](=O)[O-])ccc1O.CN1c2ccccc2C(C)(C)C12C=Cc1cc([N+](=O)[O-])ccc1O2.[U].[V]. The van der Waals surface area contributed by atoms with Crippen molar-refractivity contribution in [3.05, 3.63) is 140 Å². The number of likely N-dealkylation sites (N-methyl/N-ethyl adjacent to an activating group) is 2. The van der Waals surface area contributed by atoms with E-state index in [4.69, 9.17) is 4.74 Å². The first-order chi connectivity index (χ1) is 22.7. The minimum atomic E-state index is -0.653. The largest absolute Gasteiger partial charge is 0.507 e. The van der Waals surface area contributed by atoms with Crippen molar-refractivity contribution in [3.8, 4) is 11.5 Å². The van der Waals surface area contributed by atoms with E-state index in [1.807, 2.05) is 56.6 Å². The van der Waals surface area contributed by atoms with Gasteiger partial charge in [0.2, 0.25) is 5.72 Å². The van der Waals surface area contributed by atoms with Crippen LogP contribution in [0.4, 0.5) is 22.7 Å². The Morgan fingerprint density at radius 3 is 2.02 bits per heavy atom. The number of non-ortho nitro benzene ring substituents is 2. The minimum absolute atomic E-state index is 0. The molecule has 2 atom stereocenters. The molecular weight excluding hydrogens is 897 g/mol. The van der Waals surface area contributed by atoms with Crippen LogP contribution in [0.5, 0.6) is 11.5 Å². The van der Waals surface area contributed by atoms with Gasteiger partial charge in [0.05, 0.1) is 21.3 Å².